The van der Waals surface area contributed by atoms with Crippen LogP contribution in [0.15, 0.2) is 49.1 Å². The van der Waals surface area contributed by atoms with E-state index >= 15 is 0 Å². The molecule has 0 rings (SSSR count). The third-order valence-electron chi connectivity index (χ3n) is 1.10. The number of carboxylic acids is 4. The van der Waals surface area contributed by atoms with Gasteiger partial charge in [0.15, 0.2) is 0 Å². The Morgan fingerprint density at radius 2 is 0.870 bits per heavy atom. The summed E-state index contributed by atoms with van der Waals surface area (Å²) in [6.45, 7) is 14.5. The van der Waals surface area contributed by atoms with Crippen LogP contribution in [-0.4, -0.2) is 44.3 Å². The zero-order valence-corrected chi connectivity index (χ0v) is 13.3. The van der Waals surface area contributed by atoms with E-state index in [0.29, 0.717) is 12.2 Å². The van der Waals surface area contributed by atoms with Crippen LogP contribution in [0.2, 0.25) is 0 Å². The monoisotopic (exact) mass is 330 g/mol. The summed E-state index contributed by atoms with van der Waals surface area (Å²) < 4.78 is 0. The second-order valence-corrected chi connectivity index (χ2v) is 3.59. The molecule has 23 heavy (non-hydrogen) atoms. The molecule has 0 fully saturated rings. The number of rotatable bonds is 4. The van der Waals surface area contributed by atoms with Crippen LogP contribution < -0.4 is 0 Å². The highest BCUT2D eigenvalue weighted by molar-refractivity contribution is 5.89. The highest BCUT2D eigenvalue weighted by atomic mass is 16.4. The average Bonchev–Trinajstić information content (AvgIpc) is 2.38. The Bertz CT molecular complexity index is 408. The Labute approximate surface area is 134 Å². The molecule has 0 unspecified atom stereocenters. The second kappa shape index (κ2) is 18.8. The SMILES string of the molecule is C=C(C)C(=O)O.C=C(C)C(=O)O.C=CC.O=C(O)C=CC(=O)O. The van der Waals surface area contributed by atoms with Crippen LogP contribution in [-0.2, 0) is 19.2 Å². The second-order valence-electron chi connectivity index (χ2n) is 3.59. The zero-order chi connectivity index (χ0) is 19.6. The van der Waals surface area contributed by atoms with Crippen LogP contribution in [0, 0.1) is 0 Å². The minimum Gasteiger partial charge on any atom is -0.478 e. The third kappa shape index (κ3) is 55.2. The summed E-state index contributed by atoms with van der Waals surface area (Å²) in [4.78, 5) is 38.3. The fraction of sp³-hybridized carbons (Fsp3) is 0.200. The molecule has 0 heterocycles. The zero-order valence-electron chi connectivity index (χ0n) is 13.3. The summed E-state index contributed by atoms with van der Waals surface area (Å²) in [6.07, 6.45) is 2.87. The van der Waals surface area contributed by atoms with Gasteiger partial charge in [-0.3, -0.25) is 0 Å². The first-order valence-corrected chi connectivity index (χ1v) is 5.81. The maximum Gasteiger partial charge on any atom is 0.330 e. The predicted molar refractivity (Wildman–Crippen MR) is 85.2 cm³/mol. The van der Waals surface area contributed by atoms with Gasteiger partial charge in [0.2, 0.25) is 0 Å². The van der Waals surface area contributed by atoms with E-state index in [-0.39, 0.29) is 11.1 Å². The molecule has 0 spiro atoms. The third-order valence-corrected chi connectivity index (χ3v) is 1.10. The molecule has 0 saturated heterocycles. The lowest BCUT2D eigenvalue weighted by molar-refractivity contribution is -0.134. The number of carboxylic acid groups (broad SMARTS) is 4. The van der Waals surface area contributed by atoms with Crippen LogP contribution in [0.5, 0.6) is 0 Å². The Morgan fingerprint density at radius 3 is 0.913 bits per heavy atom. The van der Waals surface area contributed by atoms with Crippen molar-refractivity contribution in [2.75, 3.05) is 0 Å². The molecule has 0 saturated carbocycles. The van der Waals surface area contributed by atoms with Gasteiger partial charge in [0, 0.05) is 23.3 Å². The first-order valence-electron chi connectivity index (χ1n) is 5.81. The van der Waals surface area contributed by atoms with Gasteiger partial charge in [0.05, 0.1) is 0 Å². The molecule has 4 N–H and O–H groups in total. The summed E-state index contributed by atoms with van der Waals surface area (Å²) in [5.41, 5.74) is 0.352. The molecule has 0 radical (unpaired) electrons. The van der Waals surface area contributed by atoms with E-state index in [1.165, 1.54) is 13.8 Å². The molecule has 0 aliphatic rings. The predicted octanol–water partition coefficient (Wildman–Crippen LogP) is 2.20. The normalized spacial score (nSPS) is 7.78. The van der Waals surface area contributed by atoms with Gasteiger partial charge in [-0.1, -0.05) is 19.2 Å². The molecule has 0 aromatic heterocycles. The van der Waals surface area contributed by atoms with Crippen molar-refractivity contribution >= 4 is 23.9 Å². The van der Waals surface area contributed by atoms with Crippen molar-refractivity contribution in [3.05, 3.63) is 49.1 Å². The summed E-state index contributed by atoms with van der Waals surface area (Å²) in [6, 6.07) is 0. The summed E-state index contributed by atoms with van der Waals surface area (Å²) in [7, 11) is 0. The van der Waals surface area contributed by atoms with E-state index < -0.39 is 23.9 Å². The molecule has 0 amide bonds. The standard InChI is InChI=1S/C4H4O4.2C4H6O2.C3H6/c5-3(6)1-2-4(7)8;2*1-3(2)4(5)6;1-3-2/h1-2H,(H,5,6)(H,7,8);2*1H2,2H3,(H,5,6);3H,1H2,2H3. The largest absolute Gasteiger partial charge is 0.478 e. The topological polar surface area (TPSA) is 149 Å². The Balaban J connectivity index is -0.000000110. The van der Waals surface area contributed by atoms with Crippen molar-refractivity contribution in [3.8, 4) is 0 Å². The molecule has 0 aromatic carbocycles. The summed E-state index contributed by atoms with van der Waals surface area (Å²) in [5, 5.41) is 31.4. The first-order chi connectivity index (χ1) is 10.3. The van der Waals surface area contributed by atoms with Crippen LogP contribution in [0.1, 0.15) is 20.8 Å². The van der Waals surface area contributed by atoms with Crippen molar-refractivity contribution in [2.24, 2.45) is 0 Å². The highest BCUT2D eigenvalue weighted by Crippen LogP contribution is 1.81. The fourth-order valence-corrected chi connectivity index (χ4v) is 0.143. The number of hydrogen-bond donors (Lipinski definition) is 4. The maximum absolute atomic E-state index is 9.60. The van der Waals surface area contributed by atoms with Crippen LogP contribution in [0.3, 0.4) is 0 Å². The van der Waals surface area contributed by atoms with E-state index in [4.69, 9.17) is 20.4 Å². The van der Waals surface area contributed by atoms with E-state index in [1.807, 2.05) is 6.92 Å². The molecule has 0 aliphatic heterocycles. The minimum absolute atomic E-state index is 0.176. The van der Waals surface area contributed by atoms with Gasteiger partial charge in [-0.25, -0.2) is 19.2 Å². The molecular formula is C15H22O8. The lowest BCUT2D eigenvalue weighted by atomic mass is 10.4. The molecule has 0 aliphatic carbocycles. The van der Waals surface area contributed by atoms with Crippen molar-refractivity contribution in [1.29, 1.82) is 0 Å². The Kier molecular flexibility index (Phi) is 23.0. The van der Waals surface area contributed by atoms with Crippen LogP contribution in [0.4, 0.5) is 0 Å². The number of aliphatic carboxylic acids is 4. The van der Waals surface area contributed by atoms with Crippen molar-refractivity contribution in [3.63, 3.8) is 0 Å². The van der Waals surface area contributed by atoms with E-state index in [2.05, 4.69) is 19.7 Å². The van der Waals surface area contributed by atoms with Gasteiger partial charge >= 0.3 is 23.9 Å². The minimum atomic E-state index is -1.26. The number of hydrogen-bond acceptors (Lipinski definition) is 4. The quantitative estimate of drug-likeness (QED) is 0.452. The van der Waals surface area contributed by atoms with Gasteiger partial charge in [-0.15, -0.1) is 6.58 Å². The van der Waals surface area contributed by atoms with Crippen LogP contribution >= 0.6 is 0 Å². The maximum atomic E-state index is 9.60. The summed E-state index contributed by atoms with van der Waals surface area (Å²) >= 11 is 0. The molecule has 8 nitrogen and oxygen atoms in total. The van der Waals surface area contributed by atoms with Crippen molar-refractivity contribution in [1.82, 2.24) is 0 Å². The van der Waals surface area contributed by atoms with Crippen molar-refractivity contribution < 1.29 is 39.6 Å². The molecule has 0 atom stereocenters. The molecular weight excluding hydrogens is 308 g/mol. The Hall–Kier alpha value is -3.16. The number of allylic oxidation sites excluding steroid dienone is 1. The lowest BCUT2D eigenvalue weighted by Gasteiger charge is -1.79. The van der Waals surface area contributed by atoms with Gasteiger partial charge in [-0.05, 0) is 20.8 Å². The van der Waals surface area contributed by atoms with Gasteiger partial charge in [-0.2, -0.15) is 0 Å². The van der Waals surface area contributed by atoms with Crippen LogP contribution in [0.25, 0.3) is 0 Å². The number of carbonyl (C=O) groups is 4. The van der Waals surface area contributed by atoms with E-state index in [0.717, 1.165) is 0 Å². The lowest BCUT2D eigenvalue weighted by Crippen LogP contribution is -1.92. The van der Waals surface area contributed by atoms with E-state index in [1.54, 1.807) is 6.08 Å². The fourth-order valence-electron chi connectivity index (χ4n) is 0.143. The van der Waals surface area contributed by atoms with Gasteiger partial charge < -0.3 is 20.4 Å². The Morgan fingerprint density at radius 1 is 0.739 bits per heavy atom. The van der Waals surface area contributed by atoms with Gasteiger partial charge in [0.1, 0.15) is 0 Å². The molecule has 8 heteroatoms. The average molecular weight is 330 g/mol. The summed E-state index contributed by atoms with van der Waals surface area (Å²) in [5.74, 6) is -4.38. The van der Waals surface area contributed by atoms with E-state index in [9.17, 15) is 19.2 Å². The smallest absolute Gasteiger partial charge is 0.330 e. The molecule has 0 bridgehead atoms. The van der Waals surface area contributed by atoms with Crippen molar-refractivity contribution in [2.45, 2.75) is 20.8 Å². The molecule has 130 valence electrons. The van der Waals surface area contributed by atoms with Gasteiger partial charge in [0.25, 0.3) is 0 Å². The molecule has 0 aromatic rings. The highest BCUT2D eigenvalue weighted by Gasteiger charge is 1.90. The first kappa shape index (κ1) is 28.1.